The van der Waals surface area contributed by atoms with Gasteiger partial charge in [-0.25, -0.2) is 0 Å². The van der Waals surface area contributed by atoms with Gasteiger partial charge in [0.2, 0.25) is 5.91 Å². The first-order valence-corrected chi connectivity index (χ1v) is 6.97. The van der Waals surface area contributed by atoms with Gasteiger partial charge in [0.1, 0.15) is 0 Å². The normalized spacial score (nSPS) is 23.3. The zero-order valence-corrected chi connectivity index (χ0v) is 12.6. The van der Waals surface area contributed by atoms with Gasteiger partial charge in [-0.3, -0.25) is 4.79 Å². The second-order valence-corrected chi connectivity index (χ2v) is 6.20. The van der Waals surface area contributed by atoms with E-state index in [1.165, 1.54) is 5.56 Å². The van der Waals surface area contributed by atoms with Gasteiger partial charge in [0.25, 0.3) is 0 Å². The molecule has 19 heavy (non-hydrogen) atoms. The zero-order valence-electron chi connectivity index (χ0n) is 12.6. The predicted molar refractivity (Wildman–Crippen MR) is 79.6 cm³/mol. The summed E-state index contributed by atoms with van der Waals surface area (Å²) < 4.78 is 0. The molecule has 1 aromatic rings. The van der Waals surface area contributed by atoms with E-state index in [0.717, 1.165) is 24.2 Å². The van der Waals surface area contributed by atoms with Crippen LogP contribution < -0.4 is 10.2 Å². The highest BCUT2D eigenvalue weighted by Gasteiger charge is 2.37. The summed E-state index contributed by atoms with van der Waals surface area (Å²) in [5.41, 5.74) is 3.27. The summed E-state index contributed by atoms with van der Waals surface area (Å²) in [6.45, 7) is 11.3. The summed E-state index contributed by atoms with van der Waals surface area (Å²) in [7, 11) is 0. The van der Waals surface area contributed by atoms with E-state index >= 15 is 0 Å². The lowest BCUT2D eigenvalue weighted by atomic mass is 9.96. The number of hydrogen-bond donors (Lipinski definition) is 1. The average Bonchev–Trinajstić information content (AvgIpc) is 2.39. The van der Waals surface area contributed by atoms with E-state index in [1.807, 2.05) is 11.8 Å². The van der Waals surface area contributed by atoms with Crippen LogP contribution in [0, 0.1) is 13.8 Å². The van der Waals surface area contributed by atoms with Crippen LogP contribution >= 0.6 is 0 Å². The highest BCUT2D eigenvalue weighted by Crippen LogP contribution is 2.32. The molecule has 2 rings (SSSR count). The Morgan fingerprint density at radius 3 is 2.63 bits per heavy atom. The van der Waals surface area contributed by atoms with E-state index in [2.05, 4.69) is 51.2 Å². The Balaban J connectivity index is 2.50. The highest BCUT2D eigenvalue weighted by atomic mass is 16.2. The minimum Gasteiger partial charge on any atom is -0.306 e. The lowest BCUT2D eigenvalue weighted by molar-refractivity contribution is -0.120. The van der Waals surface area contributed by atoms with Crippen molar-refractivity contribution in [2.75, 3.05) is 11.4 Å². The SMILES string of the molecule is Cc1ccc(N2C(=O)C(C)NCCC2(C)C)c(C)c1. The lowest BCUT2D eigenvalue weighted by Crippen LogP contribution is -2.51. The number of nitrogens with zero attached hydrogens (tertiary/aromatic N) is 1. The van der Waals surface area contributed by atoms with Gasteiger partial charge in [-0.15, -0.1) is 0 Å². The van der Waals surface area contributed by atoms with Gasteiger partial charge in [-0.2, -0.15) is 0 Å². The fourth-order valence-electron chi connectivity index (χ4n) is 2.79. The van der Waals surface area contributed by atoms with E-state index in [1.54, 1.807) is 0 Å². The van der Waals surface area contributed by atoms with Crippen LogP contribution in [0.4, 0.5) is 5.69 Å². The Morgan fingerprint density at radius 1 is 1.32 bits per heavy atom. The van der Waals surface area contributed by atoms with Crippen LogP contribution in [0.25, 0.3) is 0 Å². The number of aryl methyl sites for hydroxylation is 2. The second kappa shape index (κ2) is 4.97. The van der Waals surface area contributed by atoms with Crippen molar-refractivity contribution < 1.29 is 4.79 Å². The molecule has 0 saturated carbocycles. The molecule has 104 valence electrons. The summed E-state index contributed by atoms with van der Waals surface area (Å²) >= 11 is 0. The minimum absolute atomic E-state index is 0.123. The molecule has 0 bridgehead atoms. The smallest absolute Gasteiger partial charge is 0.244 e. The van der Waals surface area contributed by atoms with Crippen molar-refractivity contribution in [3.63, 3.8) is 0 Å². The standard InChI is InChI=1S/C16H24N2O/c1-11-6-7-14(12(2)10-11)18-15(19)13(3)17-9-8-16(18,4)5/h6-7,10,13,17H,8-9H2,1-5H3. The van der Waals surface area contributed by atoms with Crippen molar-refractivity contribution in [3.8, 4) is 0 Å². The molecule has 1 atom stereocenters. The Bertz CT molecular complexity index is 494. The maximum Gasteiger partial charge on any atom is 0.244 e. The molecule has 1 N–H and O–H groups in total. The molecule has 0 radical (unpaired) electrons. The third-order valence-corrected chi connectivity index (χ3v) is 3.98. The lowest BCUT2D eigenvalue weighted by Gasteiger charge is -2.38. The van der Waals surface area contributed by atoms with Crippen LogP contribution in [-0.4, -0.2) is 24.0 Å². The Hall–Kier alpha value is -1.35. The van der Waals surface area contributed by atoms with Crippen LogP contribution in [0.1, 0.15) is 38.3 Å². The highest BCUT2D eigenvalue weighted by molar-refractivity contribution is 5.99. The molecular weight excluding hydrogens is 236 g/mol. The maximum atomic E-state index is 12.7. The second-order valence-electron chi connectivity index (χ2n) is 6.20. The number of amides is 1. The van der Waals surface area contributed by atoms with E-state index in [-0.39, 0.29) is 17.5 Å². The van der Waals surface area contributed by atoms with Crippen molar-refractivity contribution in [1.29, 1.82) is 0 Å². The van der Waals surface area contributed by atoms with Crippen LogP contribution in [-0.2, 0) is 4.79 Å². The quantitative estimate of drug-likeness (QED) is 0.842. The molecule has 0 aliphatic carbocycles. The molecule has 0 aromatic heterocycles. The molecular formula is C16H24N2O. The van der Waals surface area contributed by atoms with Crippen molar-refractivity contribution in [2.45, 2.75) is 52.6 Å². The monoisotopic (exact) mass is 260 g/mol. The molecule has 1 saturated heterocycles. The fraction of sp³-hybridized carbons (Fsp3) is 0.562. The first-order valence-electron chi connectivity index (χ1n) is 6.97. The Kier molecular flexibility index (Phi) is 3.68. The van der Waals surface area contributed by atoms with Crippen molar-refractivity contribution in [2.24, 2.45) is 0 Å². The maximum absolute atomic E-state index is 12.7. The number of nitrogens with one attached hydrogen (secondary N) is 1. The number of benzene rings is 1. The van der Waals surface area contributed by atoms with Crippen LogP contribution in [0.5, 0.6) is 0 Å². The minimum atomic E-state index is -0.158. The molecule has 3 heteroatoms. The van der Waals surface area contributed by atoms with Crippen molar-refractivity contribution >= 4 is 11.6 Å². The predicted octanol–water partition coefficient (Wildman–Crippen LogP) is 2.80. The summed E-state index contributed by atoms with van der Waals surface area (Å²) in [5.74, 6) is 0.162. The first kappa shape index (κ1) is 14.1. The number of carbonyl (C=O) groups is 1. The largest absolute Gasteiger partial charge is 0.306 e. The Morgan fingerprint density at radius 2 is 2.00 bits per heavy atom. The van der Waals surface area contributed by atoms with E-state index in [9.17, 15) is 4.79 Å². The third kappa shape index (κ3) is 2.66. The number of carbonyl (C=O) groups excluding carboxylic acids is 1. The van der Waals surface area contributed by atoms with Gasteiger partial charge >= 0.3 is 0 Å². The summed E-state index contributed by atoms with van der Waals surface area (Å²) in [4.78, 5) is 14.6. The Labute approximate surface area is 116 Å². The van der Waals surface area contributed by atoms with E-state index in [4.69, 9.17) is 0 Å². The number of hydrogen-bond acceptors (Lipinski definition) is 2. The third-order valence-electron chi connectivity index (χ3n) is 3.98. The van der Waals surface area contributed by atoms with E-state index < -0.39 is 0 Å². The average molecular weight is 260 g/mol. The molecule has 3 nitrogen and oxygen atoms in total. The molecule has 1 unspecified atom stereocenters. The van der Waals surface area contributed by atoms with Gasteiger partial charge in [0.15, 0.2) is 0 Å². The summed E-state index contributed by atoms with van der Waals surface area (Å²) in [6, 6.07) is 6.17. The first-order chi connectivity index (χ1) is 8.83. The molecule has 0 spiro atoms. The molecule has 1 heterocycles. The summed E-state index contributed by atoms with van der Waals surface area (Å²) in [6.07, 6.45) is 0.955. The van der Waals surface area contributed by atoms with Gasteiger partial charge in [-0.05, 0) is 59.2 Å². The number of anilines is 1. The van der Waals surface area contributed by atoms with Gasteiger partial charge in [0.05, 0.1) is 6.04 Å². The topological polar surface area (TPSA) is 32.3 Å². The molecule has 1 aliphatic heterocycles. The zero-order chi connectivity index (χ0) is 14.2. The van der Waals surface area contributed by atoms with Crippen molar-refractivity contribution in [3.05, 3.63) is 29.3 Å². The fourth-order valence-corrected chi connectivity index (χ4v) is 2.79. The molecule has 1 fully saturated rings. The van der Waals surface area contributed by atoms with Gasteiger partial charge in [0, 0.05) is 11.2 Å². The van der Waals surface area contributed by atoms with Crippen LogP contribution in [0.15, 0.2) is 18.2 Å². The number of rotatable bonds is 1. The van der Waals surface area contributed by atoms with E-state index in [0.29, 0.717) is 0 Å². The van der Waals surface area contributed by atoms with Crippen LogP contribution in [0.3, 0.4) is 0 Å². The van der Waals surface area contributed by atoms with Crippen LogP contribution in [0.2, 0.25) is 0 Å². The summed E-state index contributed by atoms with van der Waals surface area (Å²) in [5, 5.41) is 3.29. The molecule has 1 aliphatic rings. The van der Waals surface area contributed by atoms with Gasteiger partial charge < -0.3 is 10.2 Å². The van der Waals surface area contributed by atoms with Crippen molar-refractivity contribution in [1.82, 2.24) is 5.32 Å². The molecule has 1 aromatic carbocycles. The van der Waals surface area contributed by atoms with Gasteiger partial charge in [-0.1, -0.05) is 17.7 Å². The molecule has 1 amide bonds.